The zero-order chi connectivity index (χ0) is 11.8. The quantitative estimate of drug-likeness (QED) is 0.600. The second-order valence-electron chi connectivity index (χ2n) is 4.67. The van der Waals surface area contributed by atoms with Gasteiger partial charge in [-0.25, -0.2) is 0 Å². The van der Waals surface area contributed by atoms with E-state index < -0.39 is 0 Å². The van der Waals surface area contributed by atoms with Gasteiger partial charge in [0.05, 0.1) is 0 Å². The Morgan fingerprint density at radius 2 is 1.40 bits per heavy atom. The van der Waals surface area contributed by atoms with Crippen LogP contribution in [0.3, 0.4) is 0 Å². The van der Waals surface area contributed by atoms with E-state index >= 15 is 0 Å². The summed E-state index contributed by atoms with van der Waals surface area (Å²) in [6, 6.07) is 0.670. The van der Waals surface area contributed by atoms with Crippen molar-refractivity contribution in [1.82, 2.24) is 4.90 Å². The average Bonchev–Trinajstić information content (AvgIpc) is 2.09. The molecule has 0 heterocycles. The molecule has 0 spiro atoms. The zero-order valence-corrected chi connectivity index (χ0v) is 12.8. The van der Waals surface area contributed by atoms with Crippen LogP contribution in [0, 0.1) is 0 Å². The van der Waals surface area contributed by atoms with E-state index in [0.717, 1.165) is 10.5 Å². The summed E-state index contributed by atoms with van der Waals surface area (Å²) >= 11 is 4.10. The summed E-state index contributed by atoms with van der Waals surface area (Å²) in [4.78, 5) is 2.57. The summed E-state index contributed by atoms with van der Waals surface area (Å²) in [7, 11) is 0. The number of hydrogen-bond acceptors (Lipinski definition) is 3. The largest absolute Gasteiger partial charge is 0.291 e. The Bertz CT molecular complexity index is 147. The minimum Gasteiger partial charge on any atom is -0.291 e. The summed E-state index contributed by atoms with van der Waals surface area (Å²) < 4.78 is 0. The normalized spacial score (nSPS) is 12.4. The predicted octanol–water partition coefficient (Wildman–Crippen LogP) is 3.94. The van der Waals surface area contributed by atoms with E-state index in [1.807, 2.05) is 11.8 Å². The van der Waals surface area contributed by atoms with Crippen molar-refractivity contribution in [2.24, 2.45) is 0 Å². The summed E-state index contributed by atoms with van der Waals surface area (Å²) in [5, 5.41) is 1.50. The maximum Gasteiger partial charge on any atom is 0.0449 e. The molecule has 0 unspecified atom stereocenters. The van der Waals surface area contributed by atoms with E-state index in [0.29, 0.717) is 6.04 Å². The number of nitrogens with zero attached hydrogens (tertiary/aromatic N) is 1. The fraction of sp³-hybridized carbons (Fsp3) is 1.00. The van der Waals surface area contributed by atoms with Crippen LogP contribution in [0.1, 0.15) is 41.5 Å². The molecule has 0 aliphatic rings. The van der Waals surface area contributed by atoms with Crippen LogP contribution in [0.2, 0.25) is 0 Å². The second-order valence-corrected chi connectivity index (χ2v) is 7.89. The standard InChI is InChI=1S/C12H27NS2/c1-10(2)13(9-15-12(5)6)7-8-14-11(3)4/h10-12H,7-9H2,1-6H3. The maximum absolute atomic E-state index is 2.57. The van der Waals surface area contributed by atoms with Gasteiger partial charge >= 0.3 is 0 Å². The Morgan fingerprint density at radius 1 is 0.867 bits per heavy atom. The van der Waals surface area contributed by atoms with Gasteiger partial charge in [0.25, 0.3) is 0 Å². The van der Waals surface area contributed by atoms with Crippen molar-refractivity contribution in [1.29, 1.82) is 0 Å². The molecular weight excluding hydrogens is 222 g/mol. The van der Waals surface area contributed by atoms with Crippen molar-refractivity contribution in [3.63, 3.8) is 0 Å². The van der Waals surface area contributed by atoms with E-state index in [2.05, 4.69) is 58.2 Å². The Kier molecular flexibility index (Phi) is 9.16. The van der Waals surface area contributed by atoms with Gasteiger partial charge in [-0.3, -0.25) is 4.90 Å². The monoisotopic (exact) mass is 249 g/mol. The van der Waals surface area contributed by atoms with Crippen molar-refractivity contribution in [3.8, 4) is 0 Å². The van der Waals surface area contributed by atoms with Crippen LogP contribution in [-0.4, -0.2) is 39.6 Å². The van der Waals surface area contributed by atoms with E-state index in [1.54, 1.807) is 0 Å². The highest BCUT2D eigenvalue weighted by Crippen LogP contribution is 2.15. The number of thioether (sulfide) groups is 2. The molecule has 0 aliphatic heterocycles. The molecule has 0 aliphatic carbocycles. The highest BCUT2D eigenvalue weighted by atomic mass is 32.2. The number of rotatable bonds is 8. The molecule has 0 aromatic heterocycles. The van der Waals surface area contributed by atoms with Crippen LogP contribution in [0.5, 0.6) is 0 Å². The molecule has 0 rings (SSSR count). The fourth-order valence-corrected chi connectivity index (χ4v) is 2.85. The van der Waals surface area contributed by atoms with Gasteiger partial charge in [0, 0.05) is 29.5 Å². The van der Waals surface area contributed by atoms with Crippen LogP contribution >= 0.6 is 23.5 Å². The molecule has 0 fully saturated rings. The van der Waals surface area contributed by atoms with E-state index in [-0.39, 0.29) is 0 Å². The lowest BCUT2D eigenvalue weighted by molar-refractivity contribution is 0.278. The molecule has 0 aromatic carbocycles. The molecule has 0 bridgehead atoms. The van der Waals surface area contributed by atoms with Gasteiger partial charge in [-0.05, 0) is 19.1 Å². The van der Waals surface area contributed by atoms with Gasteiger partial charge in [-0.15, -0.1) is 11.8 Å². The Balaban J connectivity index is 3.73. The smallest absolute Gasteiger partial charge is 0.0449 e. The molecule has 3 heteroatoms. The lowest BCUT2D eigenvalue weighted by atomic mass is 10.3. The molecule has 0 N–H and O–H groups in total. The first-order valence-electron chi connectivity index (χ1n) is 5.90. The highest BCUT2D eigenvalue weighted by molar-refractivity contribution is 8.00. The van der Waals surface area contributed by atoms with Gasteiger partial charge < -0.3 is 0 Å². The third kappa shape index (κ3) is 9.58. The molecule has 0 saturated heterocycles. The SMILES string of the molecule is CC(C)SCCN(CSC(C)C)C(C)C. The highest BCUT2D eigenvalue weighted by Gasteiger charge is 2.10. The summed E-state index contributed by atoms with van der Waals surface area (Å²) in [6.07, 6.45) is 0. The van der Waals surface area contributed by atoms with Crippen LogP contribution in [0.15, 0.2) is 0 Å². The van der Waals surface area contributed by atoms with E-state index in [9.17, 15) is 0 Å². The maximum atomic E-state index is 2.57. The van der Waals surface area contributed by atoms with E-state index in [1.165, 1.54) is 18.2 Å². The third-order valence-corrected chi connectivity index (χ3v) is 4.37. The van der Waals surface area contributed by atoms with Crippen LogP contribution < -0.4 is 0 Å². The molecule has 0 atom stereocenters. The molecule has 0 saturated carbocycles. The van der Waals surface area contributed by atoms with Crippen molar-refractivity contribution >= 4 is 23.5 Å². The van der Waals surface area contributed by atoms with Gasteiger partial charge in [0.15, 0.2) is 0 Å². The topological polar surface area (TPSA) is 3.24 Å². The lowest BCUT2D eigenvalue weighted by Gasteiger charge is -2.26. The lowest BCUT2D eigenvalue weighted by Crippen LogP contribution is -2.33. The minimum absolute atomic E-state index is 0.670. The minimum atomic E-state index is 0.670. The van der Waals surface area contributed by atoms with Crippen molar-refractivity contribution in [3.05, 3.63) is 0 Å². The molecule has 1 nitrogen and oxygen atoms in total. The van der Waals surface area contributed by atoms with Gasteiger partial charge in [0.2, 0.25) is 0 Å². The molecule has 0 radical (unpaired) electrons. The van der Waals surface area contributed by atoms with E-state index in [4.69, 9.17) is 0 Å². The number of hydrogen-bond donors (Lipinski definition) is 0. The van der Waals surface area contributed by atoms with Crippen LogP contribution in [-0.2, 0) is 0 Å². The molecule has 0 amide bonds. The first-order chi connectivity index (χ1) is 6.93. The fourth-order valence-electron chi connectivity index (χ4n) is 1.12. The Morgan fingerprint density at radius 3 is 1.80 bits per heavy atom. The van der Waals surface area contributed by atoms with Crippen molar-refractivity contribution in [2.75, 3.05) is 18.2 Å². The first kappa shape index (κ1) is 15.7. The molecule has 92 valence electrons. The van der Waals surface area contributed by atoms with Crippen LogP contribution in [0.25, 0.3) is 0 Å². The summed E-state index contributed by atoms with van der Waals surface area (Å²) in [6.45, 7) is 14.9. The second kappa shape index (κ2) is 8.77. The Hall–Kier alpha value is 0.660. The molecular formula is C12H27NS2. The van der Waals surface area contributed by atoms with Gasteiger partial charge in [-0.1, -0.05) is 27.7 Å². The predicted molar refractivity (Wildman–Crippen MR) is 77.0 cm³/mol. The summed E-state index contributed by atoms with van der Waals surface area (Å²) in [5.41, 5.74) is 0. The van der Waals surface area contributed by atoms with Crippen molar-refractivity contribution < 1.29 is 0 Å². The van der Waals surface area contributed by atoms with Gasteiger partial charge in [0.1, 0.15) is 0 Å². The third-order valence-electron chi connectivity index (χ3n) is 2.13. The molecule has 0 aromatic rings. The van der Waals surface area contributed by atoms with Gasteiger partial charge in [-0.2, -0.15) is 11.8 Å². The first-order valence-corrected chi connectivity index (χ1v) is 8.00. The Labute approximate surface area is 105 Å². The molecule has 15 heavy (non-hydrogen) atoms. The average molecular weight is 249 g/mol. The summed E-state index contributed by atoms with van der Waals surface area (Å²) in [5.74, 6) is 2.43. The van der Waals surface area contributed by atoms with Crippen LogP contribution in [0.4, 0.5) is 0 Å². The van der Waals surface area contributed by atoms with Crippen molar-refractivity contribution in [2.45, 2.75) is 58.1 Å². The zero-order valence-electron chi connectivity index (χ0n) is 11.1.